The van der Waals surface area contributed by atoms with Gasteiger partial charge in [0.1, 0.15) is 11.7 Å². The van der Waals surface area contributed by atoms with Gasteiger partial charge in [-0.05, 0) is 49.7 Å². The molecule has 1 amide bonds. The van der Waals surface area contributed by atoms with E-state index in [1.54, 1.807) is 11.1 Å². The second-order valence-corrected chi connectivity index (χ2v) is 9.15. The molecule has 1 aliphatic heterocycles. The van der Waals surface area contributed by atoms with Crippen molar-refractivity contribution in [3.63, 3.8) is 0 Å². The maximum absolute atomic E-state index is 12.2. The van der Waals surface area contributed by atoms with Crippen LogP contribution in [0.3, 0.4) is 0 Å². The molecule has 0 radical (unpaired) electrons. The van der Waals surface area contributed by atoms with E-state index in [0.29, 0.717) is 24.7 Å². The molecule has 9 heteroatoms. The van der Waals surface area contributed by atoms with Crippen molar-refractivity contribution in [2.45, 2.75) is 45.8 Å². The number of amides is 1. The number of aryl methyl sites for hydroxylation is 1. The number of ether oxygens (including phenoxy) is 2. The van der Waals surface area contributed by atoms with Crippen LogP contribution in [0.4, 0.5) is 15.7 Å². The summed E-state index contributed by atoms with van der Waals surface area (Å²) in [6, 6.07) is 1.87. The van der Waals surface area contributed by atoms with Crippen LogP contribution >= 0.6 is 27.3 Å². The highest BCUT2D eigenvalue weighted by molar-refractivity contribution is 9.10. The van der Waals surface area contributed by atoms with E-state index in [0.717, 1.165) is 21.7 Å². The summed E-state index contributed by atoms with van der Waals surface area (Å²) in [5.74, 6) is 1.22. The van der Waals surface area contributed by atoms with E-state index in [9.17, 15) is 4.79 Å². The highest BCUT2D eigenvalue weighted by Gasteiger charge is 2.31. The van der Waals surface area contributed by atoms with E-state index >= 15 is 0 Å². The summed E-state index contributed by atoms with van der Waals surface area (Å²) in [6.45, 7) is 8.62. The molecule has 1 fully saturated rings. The van der Waals surface area contributed by atoms with Gasteiger partial charge in [-0.1, -0.05) is 0 Å². The smallest absolute Gasteiger partial charge is 0.410 e. The van der Waals surface area contributed by atoms with Crippen LogP contribution in [-0.2, 0) is 4.74 Å². The fourth-order valence-electron chi connectivity index (χ4n) is 2.61. The Morgan fingerprint density at radius 1 is 1.44 bits per heavy atom. The van der Waals surface area contributed by atoms with Gasteiger partial charge in [0, 0.05) is 29.0 Å². The normalized spacial score (nSPS) is 17.1. The number of hydrogen-bond acceptors (Lipinski definition) is 7. The van der Waals surface area contributed by atoms with Crippen LogP contribution in [0.2, 0.25) is 0 Å². The van der Waals surface area contributed by atoms with Crippen molar-refractivity contribution in [3.8, 4) is 5.75 Å². The van der Waals surface area contributed by atoms with Crippen LogP contribution in [0, 0.1) is 6.92 Å². The van der Waals surface area contributed by atoms with Gasteiger partial charge in [-0.15, -0.1) is 11.3 Å². The molecule has 1 unspecified atom stereocenters. The van der Waals surface area contributed by atoms with Crippen molar-refractivity contribution in [1.82, 2.24) is 14.9 Å². The minimum Gasteiger partial charge on any atom is -0.485 e. The van der Waals surface area contributed by atoms with Crippen molar-refractivity contribution in [2.24, 2.45) is 0 Å². The molecule has 0 bridgehead atoms. The molecule has 0 spiro atoms. The molecule has 2 aromatic heterocycles. The van der Waals surface area contributed by atoms with E-state index in [1.165, 1.54) is 11.3 Å². The standard InChI is InChI=1S/C18H23BrN4O3S/c1-11-10-27-16(21-11)22-15-14(7-12(19)8-20-15)25-13-5-6-23(9-13)17(24)26-18(2,3)4/h7-8,10,13H,5-6,9H2,1-4H3,(H,20,21,22). The molecule has 146 valence electrons. The molecule has 2 aromatic rings. The van der Waals surface area contributed by atoms with Gasteiger partial charge in [-0.3, -0.25) is 0 Å². The van der Waals surface area contributed by atoms with Gasteiger partial charge in [-0.25, -0.2) is 14.8 Å². The number of aromatic nitrogens is 2. The number of halogens is 1. The zero-order valence-electron chi connectivity index (χ0n) is 15.8. The molecular weight excluding hydrogens is 432 g/mol. The quantitative estimate of drug-likeness (QED) is 0.718. The second-order valence-electron chi connectivity index (χ2n) is 7.37. The highest BCUT2D eigenvalue weighted by atomic mass is 79.9. The van der Waals surface area contributed by atoms with Gasteiger partial charge in [0.15, 0.2) is 16.7 Å². The van der Waals surface area contributed by atoms with Gasteiger partial charge in [0.2, 0.25) is 0 Å². The van der Waals surface area contributed by atoms with Gasteiger partial charge >= 0.3 is 6.09 Å². The van der Waals surface area contributed by atoms with Gasteiger partial charge < -0.3 is 19.7 Å². The number of carbonyl (C=O) groups is 1. The summed E-state index contributed by atoms with van der Waals surface area (Å²) in [5.41, 5.74) is 0.443. The Kier molecular flexibility index (Phi) is 5.90. The second kappa shape index (κ2) is 8.02. The number of thiazole rings is 1. The number of hydrogen-bond donors (Lipinski definition) is 1. The topological polar surface area (TPSA) is 76.6 Å². The predicted octanol–water partition coefficient (Wildman–Crippen LogP) is 4.74. The molecule has 1 aliphatic rings. The Balaban J connectivity index is 1.67. The largest absolute Gasteiger partial charge is 0.485 e. The van der Waals surface area contributed by atoms with Gasteiger partial charge in [0.25, 0.3) is 0 Å². The number of carbonyl (C=O) groups excluding carboxylic acids is 1. The first kappa shape index (κ1) is 19.9. The van der Waals surface area contributed by atoms with Crippen molar-refractivity contribution in [3.05, 3.63) is 27.8 Å². The third-order valence-corrected chi connectivity index (χ3v) is 5.06. The monoisotopic (exact) mass is 454 g/mol. The lowest BCUT2D eigenvalue weighted by Crippen LogP contribution is -2.36. The third-order valence-electron chi connectivity index (χ3n) is 3.75. The van der Waals surface area contributed by atoms with E-state index in [4.69, 9.17) is 9.47 Å². The summed E-state index contributed by atoms with van der Waals surface area (Å²) in [7, 11) is 0. The van der Waals surface area contributed by atoms with Crippen LogP contribution in [0.25, 0.3) is 0 Å². The Bertz CT molecular complexity index is 821. The maximum atomic E-state index is 12.2. The fraction of sp³-hybridized carbons (Fsp3) is 0.500. The number of pyridine rings is 1. The van der Waals surface area contributed by atoms with Crippen molar-refractivity contribution >= 4 is 44.3 Å². The lowest BCUT2D eigenvalue weighted by molar-refractivity contribution is 0.0276. The van der Waals surface area contributed by atoms with E-state index in [2.05, 4.69) is 31.2 Å². The molecule has 3 heterocycles. The Morgan fingerprint density at radius 3 is 2.89 bits per heavy atom. The lowest BCUT2D eigenvalue weighted by atomic mass is 10.2. The molecule has 0 saturated carbocycles. The average Bonchev–Trinajstić information content (AvgIpc) is 3.18. The first-order valence-corrected chi connectivity index (χ1v) is 10.4. The minimum atomic E-state index is -0.507. The van der Waals surface area contributed by atoms with Crippen LogP contribution in [0.1, 0.15) is 32.9 Å². The van der Waals surface area contributed by atoms with Gasteiger partial charge in [0.05, 0.1) is 12.2 Å². The molecular formula is C18H23BrN4O3S. The Labute approximate surface area is 171 Å². The summed E-state index contributed by atoms with van der Waals surface area (Å²) >= 11 is 4.95. The first-order chi connectivity index (χ1) is 12.7. The van der Waals surface area contributed by atoms with Crippen molar-refractivity contribution in [1.29, 1.82) is 0 Å². The summed E-state index contributed by atoms with van der Waals surface area (Å²) in [4.78, 5) is 22.7. The number of likely N-dealkylation sites (tertiary alicyclic amines) is 1. The van der Waals surface area contributed by atoms with Crippen LogP contribution in [-0.4, -0.2) is 45.8 Å². The van der Waals surface area contributed by atoms with Gasteiger partial charge in [-0.2, -0.15) is 0 Å². The van der Waals surface area contributed by atoms with E-state index in [-0.39, 0.29) is 12.2 Å². The van der Waals surface area contributed by atoms with Crippen molar-refractivity contribution in [2.75, 3.05) is 18.4 Å². The molecule has 1 atom stereocenters. The Hall–Kier alpha value is -1.87. The lowest BCUT2D eigenvalue weighted by Gasteiger charge is -2.24. The molecule has 1 N–H and O–H groups in total. The summed E-state index contributed by atoms with van der Waals surface area (Å²) < 4.78 is 12.4. The first-order valence-electron chi connectivity index (χ1n) is 8.69. The summed E-state index contributed by atoms with van der Waals surface area (Å²) in [6.07, 6.45) is 2.02. The third kappa shape index (κ3) is 5.55. The molecule has 1 saturated heterocycles. The van der Waals surface area contributed by atoms with Crippen LogP contribution in [0.15, 0.2) is 22.1 Å². The Morgan fingerprint density at radius 2 is 2.22 bits per heavy atom. The predicted molar refractivity (Wildman–Crippen MR) is 109 cm³/mol. The summed E-state index contributed by atoms with van der Waals surface area (Å²) in [5, 5.41) is 5.93. The number of rotatable bonds is 4. The molecule has 3 rings (SSSR count). The molecule has 0 aromatic carbocycles. The number of anilines is 2. The zero-order valence-corrected chi connectivity index (χ0v) is 18.2. The van der Waals surface area contributed by atoms with Crippen LogP contribution < -0.4 is 10.1 Å². The van der Waals surface area contributed by atoms with E-state index < -0.39 is 5.60 Å². The van der Waals surface area contributed by atoms with Crippen molar-refractivity contribution < 1.29 is 14.3 Å². The molecule has 7 nitrogen and oxygen atoms in total. The molecule has 27 heavy (non-hydrogen) atoms. The molecule has 0 aliphatic carbocycles. The zero-order chi connectivity index (χ0) is 19.6. The van der Waals surface area contributed by atoms with Crippen LogP contribution in [0.5, 0.6) is 5.75 Å². The highest BCUT2D eigenvalue weighted by Crippen LogP contribution is 2.31. The number of nitrogens with zero attached hydrogens (tertiary/aromatic N) is 3. The maximum Gasteiger partial charge on any atom is 0.410 e. The average molecular weight is 455 g/mol. The minimum absolute atomic E-state index is 0.118. The SMILES string of the molecule is Cc1csc(Nc2ncc(Br)cc2OC2CCN(C(=O)OC(C)(C)C)C2)n1. The number of nitrogens with one attached hydrogen (secondary N) is 1. The van der Waals surface area contributed by atoms with E-state index in [1.807, 2.05) is 39.1 Å². The fourth-order valence-corrected chi connectivity index (χ4v) is 3.61.